The van der Waals surface area contributed by atoms with Crippen LogP contribution in [0.4, 0.5) is 5.95 Å². The molecule has 1 aromatic carbocycles. The maximum Gasteiger partial charge on any atom is 0.224 e. The number of halogens is 1. The van der Waals surface area contributed by atoms with E-state index in [9.17, 15) is 0 Å². The Balaban J connectivity index is 1.83. The van der Waals surface area contributed by atoms with E-state index in [1.807, 2.05) is 18.2 Å². The monoisotopic (exact) mass is 287 g/mol. The number of hydrogen-bond acceptors (Lipinski definition) is 3. The second-order valence-electron chi connectivity index (χ2n) is 5.25. The van der Waals surface area contributed by atoms with Crippen LogP contribution in [-0.2, 0) is 12.8 Å². The number of nitrogens with zero attached hydrogens (tertiary/aromatic N) is 2. The molecule has 1 N–H and O–H groups in total. The Labute approximate surface area is 124 Å². The number of aryl methyl sites for hydroxylation is 1. The molecule has 1 aromatic heterocycles. The smallest absolute Gasteiger partial charge is 0.224 e. The molecule has 3 nitrogen and oxygen atoms in total. The largest absolute Gasteiger partial charge is 0.348 e. The van der Waals surface area contributed by atoms with Gasteiger partial charge in [-0.05, 0) is 38.2 Å². The van der Waals surface area contributed by atoms with E-state index < -0.39 is 0 Å². The van der Waals surface area contributed by atoms with E-state index >= 15 is 0 Å². The topological polar surface area (TPSA) is 37.8 Å². The van der Waals surface area contributed by atoms with Crippen molar-refractivity contribution in [2.75, 3.05) is 5.32 Å². The highest BCUT2D eigenvalue weighted by Crippen LogP contribution is 2.27. The minimum absolute atomic E-state index is 0.161. The quantitative estimate of drug-likeness (QED) is 0.861. The lowest BCUT2D eigenvalue weighted by atomic mass is 9.97. The molecule has 0 spiro atoms. The molecule has 1 atom stereocenters. The molecule has 0 bridgehead atoms. The van der Waals surface area contributed by atoms with E-state index in [1.54, 1.807) is 0 Å². The zero-order chi connectivity index (χ0) is 13.9. The van der Waals surface area contributed by atoms with Gasteiger partial charge in [0.15, 0.2) is 0 Å². The Morgan fingerprint density at radius 3 is 2.65 bits per heavy atom. The van der Waals surface area contributed by atoms with Crippen molar-refractivity contribution in [2.24, 2.45) is 0 Å². The number of nitrogens with one attached hydrogen (secondary N) is 1. The van der Waals surface area contributed by atoms with Gasteiger partial charge < -0.3 is 5.32 Å². The number of aromatic nitrogens is 2. The summed E-state index contributed by atoms with van der Waals surface area (Å²) in [5, 5.41) is 3.95. The van der Waals surface area contributed by atoms with Crippen molar-refractivity contribution in [2.45, 2.75) is 38.6 Å². The van der Waals surface area contributed by atoms with Crippen LogP contribution in [0.3, 0.4) is 0 Å². The summed E-state index contributed by atoms with van der Waals surface area (Å²) in [4.78, 5) is 9.03. The first kappa shape index (κ1) is 13.4. The molecule has 2 aromatic rings. The Kier molecular flexibility index (Phi) is 3.88. The van der Waals surface area contributed by atoms with E-state index in [2.05, 4.69) is 34.3 Å². The molecule has 0 aliphatic heterocycles. The third-order valence-corrected chi connectivity index (χ3v) is 4.09. The van der Waals surface area contributed by atoms with Gasteiger partial charge in [0.05, 0.1) is 11.7 Å². The van der Waals surface area contributed by atoms with Gasteiger partial charge in [-0.25, -0.2) is 9.97 Å². The fourth-order valence-corrected chi connectivity index (χ4v) is 2.92. The molecule has 4 heteroatoms. The maximum atomic E-state index is 6.29. The highest BCUT2D eigenvalue weighted by molar-refractivity contribution is 6.30. The number of anilines is 1. The lowest BCUT2D eigenvalue weighted by Gasteiger charge is -2.19. The van der Waals surface area contributed by atoms with Gasteiger partial charge in [-0.1, -0.05) is 41.9 Å². The van der Waals surface area contributed by atoms with Gasteiger partial charge in [0.1, 0.15) is 5.15 Å². The van der Waals surface area contributed by atoms with E-state index in [1.165, 1.54) is 18.4 Å². The molecule has 0 saturated carbocycles. The second kappa shape index (κ2) is 5.80. The molecule has 1 unspecified atom stereocenters. The van der Waals surface area contributed by atoms with Crippen LogP contribution in [-0.4, -0.2) is 9.97 Å². The van der Waals surface area contributed by atoms with Crippen LogP contribution in [0.1, 0.15) is 42.6 Å². The van der Waals surface area contributed by atoms with Crippen molar-refractivity contribution in [1.29, 1.82) is 0 Å². The zero-order valence-electron chi connectivity index (χ0n) is 11.6. The molecule has 104 valence electrons. The van der Waals surface area contributed by atoms with Gasteiger partial charge in [0, 0.05) is 5.56 Å². The number of hydrogen-bond donors (Lipinski definition) is 1. The molecule has 20 heavy (non-hydrogen) atoms. The second-order valence-corrected chi connectivity index (χ2v) is 5.61. The van der Waals surface area contributed by atoms with Gasteiger partial charge in [-0.15, -0.1) is 0 Å². The summed E-state index contributed by atoms with van der Waals surface area (Å²) in [7, 11) is 0. The predicted molar refractivity (Wildman–Crippen MR) is 82.2 cm³/mol. The highest BCUT2D eigenvalue weighted by Gasteiger charge is 2.17. The number of fused-ring (bicyclic) bond motifs is 1. The van der Waals surface area contributed by atoms with Crippen LogP contribution in [0, 0.1) is 0 Å². The van der Waals surface area contributed by atoms with Gasteiger partial charge in [-0.3, -0.25) is 0 Å². The summed E-state index contributed by atoms with van der Waals surface area (Å²) in [6.07, 6.45) is 4.38. The van der Waals surface area contributed by atoms with Gasteiger partial charge >= 0.3 is 0 Å². The number of benzene rings is 1. The zero-order valence-corrected chi connectivity index (χ0v) is 12.3. The van der Waals surface area contributed by atoms with Crippen LogP contribution in [0.2, 0.25) is 5.15 Å². The Morgan fingerprint density at radius 1 is 1.10 bits per heavy atom. The first-order valence-corrected chi connectivity index (χ1v) is 7.48. The van der Waals surface area contributed by atoms with Crippen LogP contribution in [0.25, 0.3) is 0 Å². The average Bonchev–Trinajstić information content (AvgIpc) is 2.48. The average molecular weight is 288 g/mol. The van der Waals surface area contributed by atoms with Gasteiger partial charge in [-0.2, -0.15) is 0 Å². The SMILES string of the molecule is CC(Nc1nc(Cl)c2c(n1)CCCC2)c1ccccc1. The first-order chi connectivity index (χ1) is 9.74. The molecule has 3 rings (SSSR count). The van der Waals surface area contributed by atoms with Crippen LogP contribution >= 0.6 is 11.6 Å². The molecule has 1 aliphatic rings. The van der Waals surface area contributed by atoms with E-state index in [0.717, 1.165) is 24.1 Å². The summed E-state index contributed by atoms with van der Waals surface area (Å²) in [5.41, 5.74) is 3.46. The minimum atomic E-state index is 0.161. The van der Waals surface area contributed by atoms with Gasteiger partial charge in [0.25, 0.3) is 0 Å². The third kappa shape index (κ3) is 2.78. The predicted octanol–water partition coefficient (Wildman–Crippen LogP) is 4.18. The fourth-order valence-electron chi connectivity index (χ4n) is 2.63. The fraction of sp³-hybridized carbons (Fsp3) is 0.375. The summed E-state index contributed by atoms with van der Waals surface area (Å²) in [6, 6.07) is 10.4. The van der Waals surface area contributed by atoms with Crippen LogP contribution in [0.15, 0.2) is 30.3 Å². The standard InChI is InChI=1S/C16H18ClN3/c1-11(12-7-3-2-4-8-12)18-16-19-14-10-6-5-9-13(14)15(17)20-16/h2-4,7-8,11H,5-6,9-10H2,1H3,(H,18,19,20). The summed E-state index contributed by atoms with van der Waals surface area (Å²) >= 11 is 6.29. The molecule has 1 heterocycles. The summed E-state index contributed by atoms with van der Waals surface area (Å²) in [6.45, 7) is 2.10. The van der Waals surface area contributed by atoms with Crippen molar-refractivity contribution >= 4 is 17.5 Å². The summed E-state index contributed by atoms with van der Waals surface area (Å²) in [5.74, 6) is 0.631. The van der Waals surface area contributed by atoms with E-state index in [-0.39, 0.29) is 6.04 Å². The molecule has 1 aliphatic carbocycles. The van der Waals surface area contributed by atoms with Crippen molar-refractivity contribution in [3.05, 3.63) is 52.3 Å². The minimum Gasteiger partial charge on any atom is -0.348 e. The lowest BCUT2D eigenvalue weighted by Crippen LogP contribution is -2.14. The van der Waals surface area contributed by atoms with Crippen LogP contribution < -0.4 is 5.32 Å². The van der Waals surface area contributed by atoms with Crippen molar-refractivity contribution in [1.82, 2.24) is 9.97 Å². The lowest BCUT2D eigenvalue weighted by molar-refractivity contribution is 0.662. The molecule has 0 fully saturated rings. The third-order valence-electron chi connectivity index (χ3n) is 3.78. The van der Waals surface area contributed by atoms with Crippen molar-refractivity contribution in [3.63, 3.8) is 0 Å². The van der Waals surface area contributed by atoms with E-state index in [0.29, 0.717) is 11.1 Å². The van der Waals surface area contributed by atoms with E-state index in [4.69, 9.17) is 11.6 Å². The maximum absolute atomic E-state index is 6.29. The normalized spacial score (nSPS) is 15.5. The number of rotatable bonds is 3. The first-order valence-electron chi connectivity index (χ1n) is 7.11. The molecular formula is C16H18ClN3. The molecular weight excluding hydrogens is 270 g/mol. The molecule has 0 saturated heterocycles. The van der Waals surface area contributed by atoms with Gasteiger partial charge in [0.2, 0.25) is 5.95 Å². The summed E-state index contributed by atoms with van der Waals surface area (Å²) < 4.78 is 0. The molecule has 0 amide bonds. The van der Waals surface area contributed by atoms with Crippen molar-refractivity contribution in [3.8, 4) is 0 Å². The Hall–Kier alpha value is -1.61. The van der Waals surface area contributed by atoms with Crippen LogP contribution in [0.5, 0.6) is 0 Å². The highest BCUT2D eigenvalue weighted by atomic mass is 35.5. The molecule has 0 radical (unpaired) electrons. The Bertz CT molecular complexity index is 598. The Morgan fingerprint density at radius 2 is 1.85 bits per heavy atom. The van der Waals surface area contributed by atoms with Crippen molar-refractivity contribution < 1.29 is 0 Å².